The average molecular weight is 198 g/mol. The van der Waals surface area contributed by atoms with E-state index in [4.69, 9.17) is 4.74 Å². The van der Waals surface area contributed by atoms with E-state index in [1.165, 1.54) is 0 Å². The van der Waals surface area contributed by atoms with Gasteiger partial charge in [0.1, 0.15) is 6.61 Å². The van der Waals surface area contributed by atoms with E-state index in [0.29, 0.717) is 19.7 Å². The molecule has 80 valence electrons. The van der Waals surface area contributed by atoms with Gasteiger partial charge in [-0.2, -0.15) is 0 Å². The Morgan fingerprint density at radius 1 is 1.71 bits per heavy atom. The lowest BCUT2D eigenvalue weighted by atomic mass is 10.2. The summed E-state index contributed by atoms with van der Waals surface area (Å²) < 4.78 is 5.04. The molecule has 1 amide bonds. The zero-order valence-electron chi connectivity index (χ0n) is 8.71. The summed E-state index contributed by atoms with van der Waals surface area (Å²) in [4.78, 5) is 13.1. The van der Waals surface area contributed by atoms with Gasteiger partial charge < -0.3 is 15.0 Å². The van der Waals surface area contributed by atoms with Gasteiger partial charge in [-0.25, -0.2) is 0 Å². The molecule has 0 radical (unpaired) electrons. The van der Waals surface area contributed by atoms with Crippen molar-refractivity contribution in [2.75, 3.05) is 39.4 Å². The molecule has 1 aliphatic heterocycles. The maximum atomic E-state index is 11.3. The summed E-state index contributed by atoms with van der Waals surface area (Å²) in [7, 11) is 0. The van der Waals surface area contributed by atoms with Crippen LogP contribution < -0.4 is 5.32 Å². The number of ether oxygens (including phenoxy) is 1. The molecule has 0 atom stereocenters. The first-order valence-electron chi connectivity index (χ1n) is 4.97. The molecule has 4 heteroatoms. The molecule has 0 aromatic rings. The third-order valence-corrected chi connectivity index (χ3v) is 2.12. The van der Waals surface area contributed by atoms with Gasteiger partial charge in [-0.1, -0.05) is 13.5 Å². The van der Waals surface area contributed by atoms with E-state index in [9.17, 15) is 4.79 Å². The smallest absolute Gasteiger partial charge is 0.248 e. The summed E-state index contributed by atoms with van der Waals surface area (Å²) >= 11 is 0. The van der Waals surface area contributed by atoms with Gasteiger partial charge >= 0.3 is 0 Å². The Hall–Kier alpha value is -0.870. The second-order valence-corrected chi connectivity index (χ2v) is 3.40. The zero-order chi connectivity index (χ0) is 10.4. The first-order chi connectivity index (χ1) is 6.74. The SMILES string of the molecule is C=C(CNCC)CN1CCOCC1=O. The number of hydrogen-bond donors (Lipinski definition) is 1. The molecular formula is C10H18N2O2. The number of hydrogen-bond acceptors (Lipinski definition) is 3. The van der Waals surface area contributed by atoms with Crippen molar-refractivity contribution in [2.24, 2.45) is 0 Å². The van der Waals surface area contributed by atoms with Crippen LogP contribution in [-0.2, 0) is 9.53 Å². The van der Waals surface area contributed by atoms with Gasteiger partial charge in [0.05, 0.1) is 6.61 Å². The maximum absolute atomic E-state index is 11.3. The van der Waals surface area contributed by atoms with Crippen molar-refractivity contribution in [2.45, 2.75) is 6.92 Å². The third kappa shape index (κ3) is 3.47. The average Bonchev–Trinajstić information content (AvgIpc) is 2.18. The standard InChI is InChI=1S/C10H18N2O2/c1-3-11-6-9(2)7-12-4-5-14-8-10(12)13/h11H,2-8H2,1H3. The highest BCUT2D eigenvalue weighted by atomic mass is 16.5. The summed E-state index contributed by atoms with van der Waals surface area (Å²) in [6.07, 6.45) is 0. The summed E-state index contributed by atoms with van der Waals surface area (Å²) in [5.74, 6) is 0.0638. The molecule has 0 aromatic carbocycles. The molecule has 1 fully saturated rings. The molecule has 1 saturated heterocycles. The van der Waals surface area contributed by atoms with E-state index in [1.807, 2.05) is 6.92 Å². The number of amides is 1. The van der Waals surface area contributed by atoms with Crippen LogP contribution in [0.25, 0.3) is 0 Å². The van der Waals surface area contributed by atoms with Crippen LogP contribution in [0.4, 0.5) is 0 Å². The molecule has 1 heterocycles. The van der Waals surface area contributed by atoms with Crippen molar-refractivity contribution < 1.29 is 9.53 Å². The highest BCUT2D eigenvalue weighted by Crippen LogP contribution is 2.02. The van der Waals surface area contributed by atoms with Crippen LogP contribution in [0.1, 0.15) is 6.92 Å². The van der Waals surface area contributed by atoms with Crippen molar-refractivity contribution >= 4 is 5.91 Å². The van der Waals surface area contributed by atoms with Gasteiger partial charge in [-0.05, 0) is 12.1 Å². The predicted octanol–water partition coefficient (Wildman–Crippen LogP) is 0.0109. The maximum Gasteiger partial charge on any atom is 0.248 e. The lowest BCUT2D eigenvalue weighted by Gasteiger charge is -2.27. The van der Waals surface area contributed by atoms with Gasteiger partial charge in [-0.15, -0.1) is 0 Å². The van der Waals surface area contributed by atoms with Gasteiger partial charge in [-0.3, -0.25) is 4.79 Å². The van der Waals surface area contributed by atoms with Crippen LogP contribution in [-0.4, -0.2) is 50.2 Å². The summed E-state index contributed by atoms with van der Waals surface area (Å²) in [6.45, 7) is 9.87. The normalized spacial score (nSPS) is 17.2. The minimum absolute atomic E-state index is 0.0638. The fraction of sp³-hybridized carbons (Fsp3) is 0.700. The van der Waals surface area contributed by atoms with Crippen LogP contribution in [0.2, 0.25) is 0 Å². The van der Waals surface area contributed by atoms with Crippen LogP contribution in [0.3, 0.4) is 0 Å². The summed E-state index contributed by atoms with van der Waals surface area (Å²) in [5, 5.41) is 3.18. The quantitative estimate of drug-likeness (QED) is 0.633. The number of nitrogens with zero attached hydrogens (tertiary/aromatic N) is 1. The molecule has 14 heavy (non-hydrogen) atoms. The number of rotatable bonds is 5. The summed E-state index contributed by atoms with van der Waals surface area (Å²) in [6, 6.07) is 0. The molecule has 0 spiro atoms. The lowest BCUT2D eigenvalue weighted by Crippen LogP contribution is -2.43. The summed E-state index contributed by atoms with van der Waals surface area (Å²) in [5.41, 5.74) is 1.04. The van der Waals surface area contributed by atoms with E-state index in [0.717, 1.165) is 18.7 Å². The van der Waals surface area contributed by atoms with Crippen molar-refractivity contribution in [1.29, 1.82) is 0 Å². The topological polar surface area (TPSA) is 41.6 Å². The van der Waals surface area contributed by atoms with E-state index in [2.05, 4.69) is 11.9 Å². The zero-order valence-corrected chi connectivity index (χ0v) is 8.71. The van der Waals surface area contributed by atoms with Crippen molar-refractivity contribution in [1.82, 2.24) is 10.2 Å². The number of likely N-dealkylation sites (N-methyl/N-ethyl adjacent to an activating group) is 1. The third-order valence-electron chi connectivity index (χ3n) is 2.12. The Morgan fingerprint density at radius 3 is 3.14 bits per heavy atom. The Morgan fingerprint density at radius 2 is 2.50 bits per heavy atom. The van der Waals surface area contributed by atoms with Crippen molar-refractivity contribution in [3.8, 4) is 0 Å². The van der Waals surface area contributed by atoms with Crippen LogP contribution >= 0.6 is 0 Å². The predicted molar refractivity (Wildman–Crippen MR) is 55.1 cm³/mol. The van der Waals surface area contributed by atoms with Crippen LogP contribution in [0, 0.1) is 0 Å². The molecule has 1 rings (SSSR count). The molecule has 1 N–H and O–H groups in total. The van der Waals surface area contributed by atoms with Gasteiger partial charge in [0.25, 0.3) is 0 Å². The Bertz CT molecular complexity index is 216. The lowest BCUT2D eigenvalue weighted by molar-refractivity contribution is -0.142. The first-order valence-corrected chi connectivity index (χ1v) is 4.97. The largest absolute Gasteiger partial charge is 0.370 e. The van der Waals surface area contributed by atoms with Gasteiger partial charge in [0.2, 0.25) is 5.91 Å². The highest BCUT2D eigenvalue weighted by Gasteiger charge is 2.18. The van der Waals surface area contributed by atoms with E-state index in [1.54, 1.807) is 4.90 Å². The monoisotopic (exact) mass is 198 g/mol. The van der Waals surface area contributed by atoms with Gasteiger partial charge in [0, 0.05) is 19.6 Å². The number of carbonyl (C=O) groups excluding carboxylic acids is 1. The molecular weight excluding hydrogens is 180 g/mol. The Labute approximate surface area is 84.9 Å². The second-order valence-electron chi connectivity index (χ2n) is 3.40. The molecule has 0 aromatic heterocycles. The molecule has 0 saturated carbocycles. The van der Waals surface area contributed by atoms with Crippen molar-refractivity contribution in [3.63, 3.8) is 0 Å². The fourth-order valence-electron chi connectivity index (χ4n) is 1.35. The van der Waals surface area contributed by atoms with E-state index < -0.39 is 0 Å². The number of nitrogens with one attached hydrogen (secondary N) is 1. The van der Waals surface area contributed by atoms with Crippen LogP contribution in [0.15, 0.2) is 12.2 Å². The fourth-order valence-corrected chi connectivity index (χ4v) is 1.35. The highest BCUT2D eigenvalue weighted by molar-refractivity contribution is 5.78. The van der Waals surface area contributed by atoms with Crippen molar-refractivity contribution in [3.05, 3.63) is 12.2 Å². The minimum atomic E-state index is 0.0638. The minimum Gasteiger partial charge on any atom is -0.370 e. The Kier molecular flexibility index (Phi) is 4.62. The van der Waals surface area contributed by atoms with Gasteiger partial charge in [0.15, 0.2) is 0 Å². The molecule has 0 aliphatic carbocycles. The number of morpholine rings is 1. The van der Waals surface area contributed by atoms with E-state index >= 15 is 0 Å². The van der Waals surface area contributed by atoms with E-state index in [-0.39, 0.29) is 12.5 Å². The molecule has 1 aliphatic rings. The molecule has 0 bridgehead atoms. The molecule has 0 unspecified atom stereocenters. The second kappa shape index (κ2) is 5.78. The molecule has 4 nitrogen and oxygen atoms in total. The first kappa shape index (κ1) is 11.2. The number of carbonyl (C=O) groups is 1. The Balaban J connectivity index is 2.27. The van der Waals surface area contributed by atoms with Crippen LogP contribution in [0.5, 0.6) is 0 Å².